The van der Waals surface area contributed by atoms with Crippen LogP contribution in [0.5, 0.6) is 0 Å². The Hall–Kier alpha value is -1.85. The largest absolute Gasteiger partial charge is 0.377 e. The van der Waals surface area contributed by atoms with Crippen molar-refractivity contribution in [3.05, 3.63) is 36.0 Å². The minimum Gasteiger partial charge on any atom is -0.377 e. The predicted octanol–water partition coefficient (Wildman–Crippen LogP) is 2.66. The number of fused-ring (bicyclic) bond motifs is 1. The van der Waals surface area contributed by atoms with Gasteiger partial charge in [0.1, 0.15) is 0 Å². The zero-order valence-corrected chi connectivity index (χ0v) is 14.6. The second-order valence-corrected chi connectivity index (χ2v) is 7.52. The zero-order valence-electron chi connectivity index (χ0n) is 14.6. The number of nitrogens with two attached hydrogens (primary N) is 1. The van der Waals surface area contributed by atoms with E-state index in [1.807, 2.05) is 6.20 Å². The molecule has 5 heteroatoms. The lowest BCUT2D eigenvalue weighted by molar-refractivity contribution is -0.123. The van der Waals surface area contributed by atoms with Crippen molar-refractivity contribution in [3.63, 3.8) is 0 Å². The first-order chi connectivity index (χ1) is 12.2. The fourth-order valence-electron chi connectivity index (χ4n) is 4.44. The highest BCUT2D eigenvalue weighted by Gasteiger charge is 2.35. The van der Waals surface area contributed by atoms with Crippen LogP contribution in [0.15, 0.2) is 30.5 Å². The molecule has 2 aromatic rings. The lowest BCUT2D eigenvalue weighted by Crippen LogP contribution is -2.36. The third kappa shape index (κ3) is 3.58. The smallest absolute Gasteiger partial charge is 0.223 e. The van der Waals surface area contributed by atoms with Crippen LogP contribution in [0, 0.1) is 11.8 Å². The molecule has 4 rings (SSSR count). The maximum atomic E-state index is 11.5. The molecule has 0 radical (unpaired) electrons. The van der Waals surface area contributed by atoms with Gasteiger partial charge in [0, 0.05) is 30.3 Å². The normalized spacial score (nSPS) is 25.6. The topological polar surface area (TPSA) is 71.4 Å². The second kappa shape index (κ2) is 7.18. The van der Waals surface area contributed by atoms with Crippen LogP contribution < -0.4 is 5.73 Å². The zero-order chi connectivity index (χ0) is 17.2. The summed E-state index contributed by atoms with van der Waals surface area (Å²) >= 11 is 0. The van der Waals surface area contributed by atoms with Gasteiger partial charge in [-0.15, -0.1) is 0 Å². The number of primary amides is 1. The molecule has 3 heterocycles. The first-order valence-electron chi connectivity index (χ1n) is 9.39. The Balaban J connectivity index is 1.31. The molecular weight excluding hydrogens is 314 g/mol. The SMILES string of the molecule is NC(=O)[C@@H]1CCO[C@@H]1CC1CCN(Cc2cccc3[nH]ccc23)CC1. The fraction of sp³-hybridized carbons (Fsp3) is 0.550. The lowest BCUT2D eigenvalue weighted by atomic mass is 9.86. The van der Waals surface area contributed by atoms with Crippen molar-refractivity contribution >= 4 is 16.8 Å². The van der Waals surface area contributed by atoms with E-state index in [1.165, 1.54) is 29.3 Å². The van der Waals surface area contributed by atoms with Crippen LogP contribution in [0.4, 0.5) is 0 Å². The minimum absolute atomic E-state index is 0.0441. The van der Waals surface area contributed by atoms with Gasteiger partial charge in [0.2, 0.25) is 5.91 Å². The van der Waals surface area contributed by atoms with Crippen LogP contribution in [0.25, 0.3) is 10.9 Å². The van der Waals surface area contributed by atoms with E-state index in [4.69, 9.17) is 10.5 Å². The van der Waals surface area contributed by atoms with E-state index in [1.54, 1.807) is 0 Å². The molecule has 1 aromatic carbocycles. The van der Waals surface area contributed by atoms with Crippen molar-refractivity contribution in [1.82, 2.24) is 9.88 Å². The second-order valence-electron chi connectivity index (χ2n) is 7.52. The number of carbonyl (C=O) groups is 1. The van der Waals surface area contributed by atoms with Gasteiger partial charge in [-0.3, -0.25) is 9.69 Å². The summed E-state index contributed by atoms with van der Waals surface area (Å²) in [6, 6.07) is 8.65. The van der Waals surface area contributed by atoms with Crippen molar-refractivity contribution in [2.75, 3.05) is 19.7 Å². The third-order valence-corrected chi connectivity index (χ3v) is 5.93. The van der Waals surface area contributed by atoms with E-state index in [9.17, 15) is 4.79 Å². The molecule has 0 saturated carbocycles. The summed E-state index contributed by atoms with van der Waals surface area (Å²) in [5.41, 5.74) is 8.11. The van der Waals surface area contributed by atoms with E-state index >= 15 is 0 Å². The summed E-state index contributed by atoms with van der Waals surface area (Å²) < 4.78 is 5.77. The molecular formula is C20H27N3O2. The number of H-pyrrole nitrogens is 1. The van der Waals surface area contributed by atoms with Crippen molar-refractivity contribution in [1.29, 1.82) is 0 Å². The Morgan fingerprint density at radius 3 is 2.88 bits per heavy atom. The fourth-order valence-corrected chi connectivity index (χ4v) is 4.44. The van der Waals surface area contributed by atoms with Gasteiger partial charge >= 0.3 is 0 Å². The molecule has 3 N–H and O–H groups in total. The summed E-state index contributed by atoms with van der Waals surface area (Å²) in [7, 11) is 0. The highest BCUT2D eigenvalue weighted by atomic mass is 16.5. The minimum atomic E-state index is -0.195. The third-order valence-electron chi connectivity index (χ3n) is 5.93. The number of piperidine rings is 1. The molecule has 134 valence electrons. The van der Waals surface area contributed by atoms with Crippen molar-refractivity contribution in [3.8, 4) is 0 Å². The first-order valence-corrected chi connectivity index (χ1v) is 9.39. The van der Waals surface area contributed by atoms with Gasteiger partial charge in [0.05, 0.1) is 12.0 Å². The summed E-state index contributed by atoms with van der Waals surface area (Å²) in [5, 5.41) is 1.33. The molecule has 2 atom stereocenters. The predicted molar refractivity (Wildman–Crippen MR) is 98.0 cm³/mol. The molecule has 2 fully saturated rings. The van der Waals surface area contributed by atoms with Crippen LogP contribution in [0.1, 0.15) is 31.2 Å². The van der Waals surface area contributed by atoms with Gasteiger partial charge in [-0.05, 0) is 62.4 Å². The number of amides is 1. The number of carbonyl (C=O) groups excluding carboxylic acids is 1. The molecule has 1 aromatic heterocycles. The number of hydrogen-bond donors (Lipinski definition) is 2. The number of likely N-dealkylation sites (tertiary alicyclic amines) is 1. The van der Waals surface area contributed by atoms with Gasteiger partial charge in [0.15, 0.2) is 0 Å². The van der Waals surface area contributed by atoms with Gasteiger partial charge in [-0.25, -0.2) is 0 Å². The highest BCUT2D eigenvalue weighted by Crippen LogP contribution is 2.31. The van der Waals surface area contributed by atoms with E-state index in [0.29, 0.717) is 12.5 Å². The maximum Gasteiger partial charge on any atom is 0.223 e. The molecule has 0 unspecified atom stereocenters. The standard InChI is InChI=1S/C20H27N3O2/c21-20(24)17-7-11-25-19(17)12-14-5-9-23(10-6-14)13-15-2-1-3-18-16(15)4-8-22-18/h1-4,8,14,17,19,22H,5-7,9-13H2,(H2,21,24)/t17-,19-/m1/s1. The summed E-state index contributed by atoms with van der Waals surface area (Å²) in [5.74, 6) is 0.369. The average molecular weight is 341 g/mol. The molecule has 25 heavy (non-hydrogen) atoms. The number of rotatable bonds is 5. The first kappa shape index (κ1) is 16.6. The van der Waals surface area contributed by atoms with Crippen molar-refractivity contribution in [2.45, 2.75) is 38.3 Å². The van der Waals surface area contributed by atoms with E-state index in [2.05, 4.69) is 34.1 Å². The quantitative estimate of drug-likeness (QED) is 0.878. The number of benzene rings is 1. The number of aromatic amines is 1. The molecule has 1 amide bonds. The molecule has 0 aliphatic carbocycles. The number of nitrogens with zero attached hydrogens (tertiary/aromatic N) is 1. The van der Waals surface area contributed by atoms with E-state index < -0.39 is 0 Å². The van der Waals surface area contributed by atoms with Gasteiger partial charge in [-0.2, -0.15) is 0 Å². The van der Waals surface area contributed by atoms with Crippen molar-refractivity contribution < 1.29 is 9.53 Å². The van der Waals surface area contributed by atoms with Crippen LogP contribution in [0.2, 0.25) is 0 Å². The Labute approximate surface area is 148 Å². The molecule has 0 spiro atoms. The van der Waals surface area contributed by atoms with Crippen LogP contribution in [-0.4, -0.2) is 41.6 Å². The number of hydrogen-bond acceptors (Lipinski definition) is 3. The van der Waals surface area contributed by atoms with E-state index in [-0.39, 0.29) is 17.9 Å². The van der Waals surface area contributed by atoms with Gasteiger partial charge in [-0.1, -0.05) is 12.1 Å². The van der Waals surface area contributed by atoms with E-state index in [0.717, 1.165) is 32.5 Å². The van der Waals surface area contributed by atoms with Crippen molar-refractivity contribution in [2.24, 2.45) is 17.6 Å². The highest BCUT2D eigenvalue weighted by molar-refractivity contribution is 5.82. The van der Waals surface area contributed by atoms with Crippen LogP contribution in [-0.2, 0) is 16.1 Å². The average Bonchev–Trinajstić information content (AvgIpc) is 3.26. The Bertz CT molecular complexity index is 733. The number of nitrogens with one attached hydrogen (secondary N) is 1. The summed E-state index contributed by atoms with van der Waals surface area (Å²) in [6.07, 6.45) is 6.18. The Morgan fingerprint density at radius 1 is 1.24 bits per heavy atom. The Morgan fingerprint density at radius 2 is 2.08 bits per heavy atom. The molecule has 5 nitrogen and oxygen atoms in total. The maximum absolute atomic E-state index is 11.5. The summed E-state index contributed by atoms with van der Waals surface area (Å²) in [6.45, 7) is 3.91. The van der Waals surface area contributed by atoms with Gasteiger partial charge < -0.3 is 15.5 Å². The van der Waals surface area contributed by atoms with Gasteiger partial charge in [0.25, 0.3) is 0 Å². The van der Waals surface area contributed by atoms with Crippen LogP contribution >= 0.6 is 0 Å². The number of aromatic nitrogens is 1. The van der Waals surface area contributed by atoms with Crippen LogP contribution in [0.3, 0.4) is 0 Å². The molecule has 2 aliphatic heterocycles. The molecule has 2 saturated heterocycles. The molecule has 2 aliphatic rings. The lowest BCUT2D eigenvalue weighted by Gasteiger charge is -2.33. The monoisotopic (exact) mass is 341 g/mol. The summed E-state index contributed by atoms with van der Waals surface area (Å²) in [4.78, 5) is 17.4. The Kier molecular flexibility index (Phi) is 4.77. The number of ether oxygens (including phenoxy) is 1. The molecule has 0 bridgehead atoms.